The Balaban J connectivity index is 2.02. The first-order valence-electron chi connectivity index (χ1n) is 7.28. The van der Waals surface area contributed by atoms with Crippen molar-refractivity contribution < 1.29 is 9.13 Å². The summed E-state index contributed by atoms with van der Waals surface area (Å²) >= 11 is 12.3. The van der Waals surface area contributed by atoms with Crippen molar-refractivity contribution in [3.05, 3.63) is 40.0 Å². The van der Waals surface area contributed by atoms with Crippen molar-refractivity contribution in [2.24, 2.45) is 0 Å². The standard InChI is InChI=1S/C16H14Cl2FN4OP/c1-8-12(17)13(18)15-11(22-8)4-10(19)14(23-15)9-5-20-16(21-6-9)24-7-25(2)3/h4-6H,7H2,1-3H3. The third-order valence-electron chi connectivity index (χ3n) is 3.32. The highest BCUT2D eigenvalue weighted by Gasteiger charge is 2.16. The van der Waals surface area contributed by atoms with Crippen LogP contribution in [0.2, 0.25) is 10.0 Å². The van der Waals surface area contributed by atoms with Crippen molar-refractivity contribution in [3.8, 4) is 17.3 Å². The Kier molecular flexibility index (Phi) is 5.32. The van der Waals surface area contributed by atoms with Gasteiger partial charge in [0, 0.05) is 24.0 Å². The second-order valence-corrected chi connectivity index (χ2v) is 8.79. The molecule has 0 radical (unpaired) electrons. The van der Waals surface area contributed by atoms with Crippen LogP contribution in [0.4, 0.5) is 4.39 Å². The SMILES string of the molecule is Cc1nc2cc(F)c(-c3cnc(OCP(C)C)nc3)nc2c(Cl)c1Cl. The van der Waals surface area contributed by atoms with E-state index >= 15 is 0 Å². The number of pyridine rings is 2. The van der Waals surface area contributed by atoms with Gasteiger partial charge in [0.15, 0.2) is 5.82 Å². The minimum Gasteiger partial charge on any atom is -0.459 e. The Hall–Kier alpha value is -1.62. The Bertz CT molecular complexity index is 938. The minimum atomic E-state index is -0.541. The second kappa shape index (κ2) is 7.32. The topological polar surface area (TPSA) is 60.8 Å². The number of rotatable bonds is 4. The van der Waals surface area contributed by atoms with Crippen LogP contribution in [-0.2, 0) is 0 Å². The lowest BCUT2D eigenvalue weighted by atomic mass is 10.2. The predicted octanol–water partition coefficient (Wildman–Crippen LogP) is 4.92. The molecule has 0 unspecified atom stereocenters. The maximum atomic E-state index is 14.5. The fourth-order valence-corrected chi connectivity index (χ4v) is 2.90. The Morgan fingerprint density at radius 2 is 1.80 bits per heavy atom. The lowest BCUT2D eigenvalue weighted by Gasteiger charge is -2.09. The number of hydrogen-bond acceptors (Lipinski definition) is 5. The van der Waals surface area contributed by atoms with E-state index in [2.05, 4.69) is 33.3 Å². The third kappa shape index (κ3) is 3.81. The van der Waals surface area contributed by atoms with Crippen LogP contribution in [-0.4, -0.2) is 39.6 Å². The van der Waals surface area contributed by atoms with Crippen LogP contribution in [0.3, 0.4) is 0 Å². The van der Waals surface area contributed by atoms with E-state index in [0.29, 0.717) is 33.7 Å². The molecule has 0 aliphatic carbocycles. The molecule has 9 heteroatoms. The van der Waals surface area contributed by atoms with E-state index in [4.69, 9.17) is 27.9 Å². The van der Waals surface area contributed by atoms with E-state index in [1.54, 1.807) is 6.92 Å². The van der Waals surface area contributed by atoms with Crippen molar-refractivity contribution in [3.63, 3.8) is 0 Å². The molecule has 0 aliphatic rings. The third-order valence-corrected chi connectivity index (χ3v) is 4.89. The van der Waals surface area contributed by atoms with Crippen LogP contribution in [0.5, 0.6) is 6.01 Å². The van der Waals surface area contributed by atoms with Gasteiger partial charge in [0.2, 0.25) is 0 Å². The summed E-state index contributed by atoms with van der Waals surface area (Å²) in [7, 11) is -0.219. The van der Waals surface area contributed by atoms with Crippen molar-refractivity contribution in [1.29, 1.82) is 0 Å². The highest BCUT2D eigenvalue weighted by atomic mass is 35.5. The maximum Gasteiger partial charge on any atom is 0.316 e. The van der Waals surface area contributed by atoms with Crippen LogP contribution < -0.4 is 4.74 Å². The molecule has 0 aliphatic heterocycles. The van der Waals surface area contributed by atoms with E-state index in [1.807, 2.05) is 0 Å². The molecule has 0 atom stereocenters. The van der Waals surface area contributed by atoms with Gasteiger partial charge in [-0.1, -0.05) is 31.1 Å². The Morgan fingerprint density at radius 3 is 2.44 bits per heavy atom. The average molecular weight is 399 g/mol. The molecule has 0 saturated heterocycles. The van der Waals surface area contributed by atoms with E-state index in [9.17, 15) is 4.39 Å². The molecule has 0 saturated carbocycles. The molecule has 3 aromatic rings. The number of aromatic nitrogens is 4. The van der Waals surface area contributed by atoms with Gasteiger partial charge in [-0.25, -0.2) is 24.3 Å². The van der Waals surface area contributed by atoms with Crippen molar-refractivity contribution in [2.45, 2.75) is 6.92 Å². The molecule has 5 nitrogen and oxygen atoms in total. The van der Waals surface area contributed by atoms with Gasteiger partial charge in [-0.15, -0.1) is 0 Å². The average Bonchev–Trinajstić information content (AvgIpc) is 2.58. The number of aryl methyl sites for hydroxylation is 1. The zero-order valence-corrected chi connectivity index (χ0v) is 16.1. The normalized spacial score (nSPS) is 11.3. The number of hydrogen-bond donors (Lipinski definition) is 0. The summed E-state index contributed by atoms with van der Waals surface area (Å²) in [6, 6.07) is 1.53. The molecule has 0 fully saturated rings. The minimum absolute atomic E-state index is 0.0795. The molecular weight excluding hydrogens is 385 g/mol. The molecule has 0 spiro atoms. The largest absolute Gasteiger partial charge is 0.459 e. The summed E-state index contributed by atoms with van der Waals surface area (Å²) in [5.41, 5.74) is 1.68. The van der Waals surface area contributed by atoms with Gasteiger partial charge in [-0.05, 0) is 20.3 Å². The molecular formula is C16H14Cl2FN4OP. The first-order valence-corrected chi connectivity index (χ1v) is 10.5. The molecule has 3 rings (SSSR count). The number of fused-ring (bicyclic) bond motifs is 1. The Labute approximate surface area is 155 Å². The summed E-state index contributed by atoms with van der Waals surface area (Å²) in [5.74, 6) is -0.541. The number of halogens is 3. The monoisotopic (exact) mass is 398 g/mol. The fourth-order valence-electron chi connectivity index (χ4n) is 2.12. The molecule has 0 amide bonds. The fraction of sp³-hybridized carbons (Fsp3) is 0.250. The van der Waals surface area contributed by atoms with E-state index < -0.39 is 5.82 Å². The van der Waals surface area contributed by atoms with Gasteiger partial charge in [0.1, 0.15) is 17.6 Å². The highest BCUT2D eigenvalue weighted by molar-refractivity contribution is 7.55. The second-order valence-electron chi connectivity index (χ2n) is 5.62. The van der Waals surface area contributed by atoms with Gasteiger partial charge in [-0.2, -0.15) is 0 Å². The predicted molar refractivity (Wildman–Crippen MR) is 99.5 cm³/mol. The Morgan fingerprint density at radius 1 is 1.12 bits per heavy atom. The zero-order valence-electron chi connectivity index (χ0n) is 13.7. The lowest BCUT2D eigenvalue weighted by molar-refractivity contribution is 0.356. The van der Waals surface area contributed by atoms with E-state index in [1.165, 1.54) is 18.5 Å². The van der Waals surface area contributed by atoms with Crippen LogP contribution in [0.25, 0.3) is 22.3 Å². The van der Waals surface area contributed by atoms with Crippen molar-refractivity contribution in [2.75, 3.05) is 19.7 Å². The number of ether oxygens (including phenoxy) is 1. The summed E-state index contributed by atoms with van der Waals surface area (Å²) in [4.78, 5) is 16.7. The molecule has 25 heavy (non-hydrogen) atoms. The molecule has 3 aromatic heterocycles. The van der Waals surface area contributed by atoms with Crippen LogP contribution in [0.15, 0.2) is 18.5 Å². The van der Waals surface area contributed by atoms with Gasteiger partial charge in [0.25, 0.3) is 0 Å². The smallest absolute Gasteiger partial charge is 0.316 e. The first-order chi connectivity index (χ1) is 11.9. The molecule has 0 N–H and O–H groups in total. The molecule has 130 valence electrons. The summed E-state index contributed by atoms with van der Waals surface area (Å²) in [6.07, 6.45) is 3.49. The number of nitrogens with zero attached hydrogens (tertiary/aromatic N) is 4. The van der Waals surface area contributed by atoms with Crippen LogP contribution in [0.1, 0.15) is 5.69 Å². The summed E-state index contributed by atoms with van der Waals surface area (Å²) < 4.78 is 19.9. The highest BCUT2D eigenvalue weighted by Crippen LogP contribution is 2.33. The van der Waals surface area contributed by atoms with Gasteiger partial charge in [-0.3, -0.25) is 0 Å². The van der Waals surface area contributed by atoms with Gasteiger partial charge < -0.3 is 4.74 Å². The van der Waals surface area contributed by atoms with E-state index in [-0.39, 0.29) is 24.6 Å². The molecule has 0 bridgehead atoms. The van der Waals surface area contributed by atoms with Crippen LogP contribution in [0, 0.1) is 12.7 Å². The molecule has 3 heterocycles. The van der Waals surface area contributed by atoms with Gasteiger partial charge >= 0.3 is 6.01 Å². The van der Waals surface area contributed by atoms with E-state index in [0.717, 1.165) is 0 Å². The summed E-state index contributed by atoms with van der Waals surface area (Å²) in [5, 5.41) is 0.542. The van der Waals surface area contributed by atoms with Gasteiger partial charge in [0.05, 0.1) is 21.3 Å². The van der Waals surface area contributed by atoms with Crippen LogP contribution >= 0.6 is 31.1 Å². The quantitative estimate of drug-likeness (QED) is 0.583. The first kappa shape index (κ1) is 18.2. The van der Waals surface area contributed by atoms with Crippen molar-refractivity contribution >= 4 is 42.2 Å². The van der Waals surface area contributed by atoms with Crippen molar-refractivity contribution in [1.82, 2.24) is 19.9 Å². The summed E-state index contributed by atoms with van der Waals surface area (Å²) in [6.45, 7) is 5.87. The maximum absolute atomic E-state index is 14.5. The molecule has 0 aromatic carbocycles. The zero-order chi connectivity index (χ0) is 18.1. The lowest BCUT2D eigenvalue weighted by Crippen LogP contribution is -2.00.